The van der Waals surface area contributed by atoms with Gasteiger partial charge in [-0.1, -0.05) is 0 Å². The van der Waals surface area contributed by atoms with E-state index >= 15 is 0 Å². The van der Waals surface area contributed by atoms with Gasteiger partial charge in [-0.25, -0.2) is 4.98 Å². The molecule has 1 aromatic rings. The summed E-state index contributed by atoms with van der Waals surface area (Å²) in [6.07, 6.45) is 1.51. The standard InChI is InChI=1S/C6H5FIN/c1-4-2-5(8)6(7)9-3-4/h2-3H,1H3. The van der Waals surface area contributed by atoms with Gasteiger partial charge in [-0.2, -0.15) is 4.39 Å². The maximum Gasteiger partial charge on any atom is 0.226 e. The highest BCUT2D eigenvalue weighted by Crippen LogP contribution is 2.08. The molecule has 0 radical (unpaired) electrons. The lowest BCUT2D eigenvalue weighted by Crippen LogP contribution is -1.87. The molecule has 0 saturated carbocycles. The predicted molar refractivity (Wildman–Crippen MR) is 41.6 cm³/mol. The van der Waals surface area contributed by atoms with Gasteiger partial charge in [0, 0.05) is 6.20 Å². The molecule has 3 heteroatoms. The van der Waals surface area contributed by atoms with Crippen LogP contribution in [0.15, 0.2) is 12.3 Å². The molecule has 0 spiro atoms. The van der Waals surface area contributed by atoms with Gasteiger partial charge in [0.15, 0.2) is 0 Å². The Morgan fingerprint density at radius 1 is 1.67 bits per heavy atom. The molecule has 0 unspecified atom stereocenters. The van der Waals surface area contributed by atoms with Gasteiger partial charge in [-0.3, -0.25) is 0 Å². The van der Waals surface area contributed by atoms with Crippen LogP contribution in [0.2, 0.25) is 0 Å². The van der Waals surface area contributed by atoms with E-state index in [1.165, 1.54) is 6.20 Å². The summed E-state index contributed by atoms with van der Waals surface area (Å²) >= 11 is 1.91. The molecule has 1 aromatic heterocycles. The molecule has 1 rings (SSSR count). The Labute approximate surface area is 66.4 Å². The van der Waals surface area contributed by atoms with Crippen molar-refractivity contribution in [3.63, 3.8) is 0 Å². The zero-order chi connectivity index (χ0) is 6.85. The fourth-order valence-corrected chi connectivity index (χ4v) is 1.15. The van der Waals surface area contributed by atoms with Crippen molar-refractivity contribution in [3.05, 3.63) is 27.3 Å². The third kappa shape index (κ3) is 1.61. The van der Waals surface area contributed by atoms with Crippen molar-refractivity contribution in [1.82, 2.24) is 4.98 Å². The number of hydrogen-bond acceptors (Lipinski definition) is 1. The van der Waals surface area contributed by atoms with E-state index in [0.29, 0.717) is 3.57 Å². The van der Waals surface area contributed by atoms with E-state index in [0.717, 1.165) is 5.56 Å². The van der Waals surface area contributed by atoms with Gasteiger partial charge in [0.05, 0.1) is 3.57 Å². The van der Waals surface area contributed by atoms with Crippen molar-refractivity contribution in [2.45, 2.75) is 6.92 Å². The number of pyridine rings is 1. The first-order valence-corrected chi connectivity index (χ1v) is 3.55. The zero-order valence-electron chi connectivity index (χ0n) is 4.86. The Hall–Kier alpha value is -0.190. The van der Waals surface area contributed by atoms with Crippen molar-refractivity contribution in [2.75, 3.05) is 0 Å². The van der Waals surface area contributed by atoms with Gasteiger partial charge in [-0.15, -0.1) is 0 Å². The summed E-state index contributed by atoms with van der Waals surface area (Å²) in [6.45, 7) is 1.88. The lowest BCUT2D eigenvalue weighted by molar-refractivity contribution is 0.575. The Bertz CT molecular complexity index is 224. The maximum absolute atomic E-state index is 12.4. The number of hydrogen-bond donors (Lipinski definition) is 0. The van der Waals surface area contributed by atoms with Crippen molar-refractivity contribution < 1.29 is 4.39 Å². The highest BCUT2D eigenvalue weighted by molar-refractivity contribution is 14.1. The topological polar surface area (TPSA) is 12.9 Å². The van der Waals surface area contributed by atoms with Crippen molar-refractivity contribution in [2.24, 2.45) is 0 Å². The Kier molecular flexibility index (Phi) is 2.00. The third-order valence-corrected chi connectivity index (χ3v) is 1.69. The normalized spacial score (nSPS) is 9.67. The average molecular weight is 237 g/mol. The predicted octanol–water partition coefficient (Wildman–Crippen LogP) is 2.13. The van der Waals surface area contributed by atoms with E-state index in [2.05, 4.69) is 4.98 Å². The molecule has 0 N–H and O–H groups in total. The summed E-state index contributed by atoms with van der Waals surface area (Å²) in [5.74, 6) is -0.388. The molecule has 0 bridgehead atoms. The van der Waals surface area contributed by atoms with Gasteiger partial charge in [0.25, 0.3) is 0 Å². The average Bonchev–Trinajstić information content (AvgIpc) is 1.80. The zero-order valence-corrected chi connectivity index (χ0v) is 7.02. The number of aryl methyl sites for hydroxylation is 1. The SMILES string of the molecule is Cc1cnc(F)c(I)c1. The smallest absolute Gasteiger partial charge is 0.226 e. The van der Waals surface area contributed by atoms with Gasteiger partial charge in [0.1, 0.15) is 0 Å². The van der Waals surface area contributed by atoms with Crippen LogP contribution in [0, 0.1) is 16.4 Å². The molecule has 0 aliphatic heterocycles. The molecule has 9 heavy (non-hydrogen) atoms. The number of halogens is 2. The molecule has 0 aliphatic rings. The summed E-state index contributed by atoms with van der Waals surface area (Å²) in [5, 5.41) is 0. The summed E-state index contributed by atoms with van der Waals surface area (Å²) in [4.78, 5) is 3.50. The first kappa shape index (κ1) is 6.92. The molecule has 0 aromatic carbocycles. The fraction of sp³-hybridized carbons (Fsp3) is 0.167. The van der Waals surface area contributed by atoms with Crippen molar-refractivity contribution >= 4 is 22.6 Å². The number of aromatic nitrogens is 1. The van der Waals surface area contributed by atoms with Crippen LogP contribution in [0.4, 0.5) is 4.39 Å². The van der Waals surface area contributed by atoms with E-state index < -0.39 is 0 Å². The summed E-state index contributed by atoms with van der Waals surface area (Å²) in [5.41, 5.74) is 0.987. The van der Waals surface area contributed by atoms with Crippen LogP contribution in [0.5, 0.6) is 0 Å². The highest BCUT2D eigenvalue weighted by Gasteiger charge is 1.96. The lowest BCUT2D eigenvalue weighted by atomic mass is 10.3. The quantitative estimate of drug-likeness (QED) is 0.497. The second-order valence-corrected chi connectivity index (χ2v) is 2.95. The highest BCUT2D eigenvalue weighted by atomic mass is 127. The van der Waals surface area contributed by atoms with Crippen LogP contribution in [-0.4, -0.2) is 4.98 Å². The van der Waals surface area contributed by atoms with Gasteiger partial charge in [-0.05, 0) is 41.1 Å². The fourth-order valence-electron chi connectivity index (χ4n) is 0.517. The monoisotopic (exact) mass is 237 g/mol. The van der Waals surface area contributed by atoms with E-state index in [1.807, 2.05) is 29.5 Å². The second-order valence-electron chi connectivity index (χ2n) is 1.79. The Balaban J connectivity index is 3.17. The minimum atomic E-state index is -0.388. The van der Waals surface area contributed by atoms with Gasteiger partial charge in [0.2, 0.25) is 5.95 Å². The minimum absolute atomic E-state index is 0.388. The van der Waals surface area contributed by atoms with Crippen LogP contribution >= 0.6 is 22.6 Å². The molecule has 0 amide bonds. The molecule has 1 nitrogen and oxygen atoms in total. The molecule has 0 fully saturated rings. The lowest BCUT2D eigenvalue weighted by Gasteiger charge is -1.92. The third-order valence-electron chi connectivity index (χ3n) is 0.933. The van der Waals surface area contributed by atoms with Crippen molar-refractivity contribution in [3.8, 4) is 0 Å². The van der Waals surface area contributed by atoms with Gasteiger partial charge < -0.3 is 0 Å². The molecule has 0 atom stereocenters. The maximum atomic E-state index is 12.4. The van der Waals surface area contributed by atoms with Crippen LogP contribution in [0.1, 0.15) is 5.56 Å². The van der Waals surface area contributed by atoms with E-state index in [9.17, 15) is 4.39 Å². The van der Waals surface area contributed by atoms with Gasteiger partial charge >= 0.3 is 0 Å². The van der Waals surface area contributed by atoms with Crippen LogP contribution in [-0.2, 0) is 0 Å². The first-order valence-electron chi connectivity index (χ1n) is 2.48. The molecule has 48 valence electrons. The minimum Gasteiger partial charge on any atom is -0.227 e. The second kappa shape index (κ2) is 2.60. The van der Waals surface area contributed by atoms with Crippen LogP contribution in [0.3, 0.4) is 0 Å². The van der Waals surface area contributed by atoms with Crippen LogP contribution < -0.4 is 0 Å². The van der Waals surface area contributed by atoms with E-state index in [4.69, 9.17) is 0 Å². The summed E-state index contributed by atoms with van der Waals surface area (Å²) in [6, 6.07) is 1.75. The largest absolute Gasteiger partial charge is 0.227 e. The molecular weight excluding hydrogens is 232 g/mol. The molecule has 0 saturated heterocycles. The van der Waals surface area contributed by atoms with Crippen LogP contribution in [0.25, 0.3) is 0 Å². The molecule has 0 aliphatic carbocycles. The first-order chi connectivity index (χ1) is 4.20. The van der Waals surface area contributed by atoms with E-state index in [1.54, 1.807) is 6.07 Å². The summed E-state index contributed by atoms with van der Waals surface area (Å²) in [7, 11) is 0. The Morgan fingerprint density at radius 3 is 2.78 bits per heavy atom. The number of rotatable bonds is 0. The number of nitrogens with zero attached hydrogens (tertiary/aromatic N) is 1. The van der Waals surface area contributed by atoms with Crippen molar-refractivity contribution in [1.29, 1.82) is 0 Å². The Morgan fingerprint density at radius 2 is 2.33 bits per heavy atom. The summed E-state index contributed by atoms with van der Waals surface area (Å²) < 4.78 is 13.0. The van der Waals surface area contributed by atoms with E-state index in [-0.39, 0.29) is 5.95 Å². The molecule has 1 heterocycles. The molecular formula is C6H5FIN.